The van der Waals surface area contributed by atoms with Gasteiger partial charge in [0.25, 0.3) is 6.02 Å². The van der Waals surface area contributed by atoms with Crippen LogP contribution in [0, 0.1) is 0 Å². The van der Waals surface area contributed by atoms with Gasteiger partial charge in [-0.1, -0.05) is 12.8 Å². The lowest BCUT2D eigenvalue weighted by molar-refractivity contribution is 0.171. The normalized spacial score (nSPS) is 31.9. The van der Waals surface area contributed by atoms with Crippen LogP contribution in [0.2, 0.25) is 0 Å². The van der Waals surface area contributed by atoms with Gasteiger partial charge in [-0.15, -0.1) is 0 Å². The van der Waals surface area contributed by atoms with Gasteiger partial charge in [0.1, 0.15) is 6.10 Å². The topological polar surface area (TPSA) is 24.8 Å². The fourth-order valence-electron chi connectivity index (χ4n) is 2.97. The fourth-order valence-corrected chi connectivity index (χ4v) is 2.97. The molecule has 0 aromatic carbocycles. The lowest BCUT2D eigenvalue weighted by Crippen LogP contribution is -2.41. The van der Waals surface area contributed by atoms with Gasteiger partial charge in [0, 0.05) is 12.1 Å². The molecule has 1 saturated heterocycles. The van der Waals surface area contributed by atoms with E-state index in [0.717, 1.165) is 6.02 Å². The minimum Gasteiger partial charge on any atom is -0.460 e. The minimum absolute atomic E-state index is 0.314. The molecule has 2 atom stereocenters. The van der Waals surface area contributed by atoms with Crippen molar-refractivity contribution in [3.63, 3.8) is 0 Å². The summed E-state index contributed by atoms with van der Waals surface area (Å²) in [5.74, 6) is 0. The maximum Gasteiger partial charge on any atom is 0.288 e. The molecule has 1 aliphatic carbocycles. The second kappa shape index (κ2) is 5.28. The molecule has 0 radical (unpaired) electrons. The zero-order chi connectivity index (χ0) is 12.4. The third-order valence-corrected chi connectivity index (χ3v) is 3.68. The van der Waals surface area contributed by atoms with E-state index in [0.29, 0.717) is 24.2 Å². The highest BCUT2D eigenvalue weighted by molar-refractivity contribution is 5.77. The van der Waals surface area contributed by atoms with Crippen molar-refractivity contribution in [3.8, 4) is 0 Å². The van der Waals surface area contributed by atoms with Crippen molar-refractivity contribution in [2.75, 3.05) is 0 Å². The van der Waals surface area contributed by atoms with E-state index in [2.05, 4.69) is 37.6 Å². The maximum absolute atomic E-state index is 6.11. The van der Waals surface area contributed by atoms with Gasteiger partial charge in [-0.3, -0.25) is 0 Å². The van der Waals surface area contributed by atoms with Crippen LogP contribution in [0.3, 0.4) is 0 Å². The van der Waals surface area contributed by atoms with E-state index in [1.165, 1.54) is 32.1 Å². The predicted molar refractivity (Wildman–Crippen MR) is 71.3 cm³/mol. The van der Waals surface area contributed by atoms with E-state index in [4.69, 9.17) is 4.74 Å². The van der Waals surface area contributed by atoms with Gasteiger partial charge in [0.05, 0.1) is 6.04 Å². The van der Waals surface area contributed by atoms with E-state index in [1.54, 1.807) is 0 Å². The number of fused-ring (bicyclic) bond motifs is 1. The van der Waals surface area contributed by atoms with Crippen LogP contribution in [0.4, 0.5) is 0 Å². The molecule has 2 fully saturated rings. The largest absolute Gasteiger partial charge is 0.460 e. The van der Waals surface area contributed by atoms with E-state index < -0.39 is 0 Å². The number of rotatable bonds is 2. The number of amidine groups is 1. The number of aliphatic imine (C=N–C) groups is 1. The summed E-state index contributed by atoms with van der Waals surface area (Å²) in [6, 6.07) is 2.26. The van der Waals surface area contributed by atoms with Gasteiger partial charge in [-0.2, -0.15) is 0 Å². The zero-order valence-corrected chi connectivity index (χ0v) is 11.6. The summed E-state index contributed by atoms with van der Waals surface area (Å²) >= 11 is 0. The molecular weight excluding hydrogens is 212 g/mol. The SMILES string of the molecule is CC(C)/N=C1\OC2CCCCCC2N1C(C)C. The highest BCUT2D eigenvalue weighted by Crippen LogP contribution is 2.32. The van der Waals surface area contributed by atoms with Crippen molar-refractivity contribution in [2.45, 2.75) is 84.0 Å². The van der Waals surface area contributed by atoms with Crippen LogP contribution >= 0.6 is 0 Å². The van der Waals surface area contributed by atoms with Gasteiger partial charge < -0.3 is 9.64 Å². The fraction of sp³-hybridized carbons (Fsp3) is 0.929. The minimum atomic E-state index is 0.314. The van der Waals surface area contributed by atoms with Crippen LogP contribution in [0.15, 0.2) is 4.99 Å². The summed E-state index contributed by atoms with van der Waals surface area (Å²) in [5, 5.41) is 0. The summed E-state index contributed by atoms with van der Waals surface area (Å²) in [5.41, 5.74) is 0. The molecule has 98 valence electrons. The molecule has 0 N–H and O–H groups in total. The molecule has 1 saturated carbocycles. The summed E-state index contributed by atoms with van der Waals surface area (Å²) in [4.78, 5) is 7.07. The molecule has 0 amide bonds. The highest BCUT2D eigenvalue weighted by atomic mass is 16.5. The Kier molecular flexibility index (Phi) is 3.95. The summed E-state index contributed by atoms with van der Waals surface area (Å²) in [6.45, 7) is 8.71. The van der Waals surface area contributed by atoms with Crippen LogP contribution in [-0.4, -0.2) is 35.2 Å². The van der Waals surface area contributed by atoms with Crippen molar-refractivity contribution in [3.05, 3.63) is 0 Å². The van der Waals surface area contributed by atoms with Crippen LogP contribution < -0.4 is 0 Å². The average Bonchev–Trinajstić information content (AvgIpc) is 2.42. The zero-order valence-electron chi connectivity index (χ0n) is 11.6. The molecule has 0 bridgehead atoms. The molecule has 0 aromatic rings. The molecule has 2 aliphatic rings. The molecule has 0 spiro atoms. The molecule has 1 heterocycles. The van der Waals surface area contributed by atoms with Crippen LogP contribution in [0.1, 0.15) is 59.8 Å². The molecule has 2 unspecified atom stereocenters. The van der Waals surface area contributed by atoms with Crippen molar-refractivity contribution < 1.29 is 4.74 Å². The summed E-state index contributed by atoms with van der Waals surface area (Å²) in [6.07, 6.45) is 6.85. The lowest BCUT2D eigenvalue weighted by atomic mass is 10.0. The second-order valence-corrected chi connectivity index (χ2v) is 5.87. The number of nitrogens with zero attached hydrogens (tertiary/aromatic N) is 2. The molecular formula is C14H26N2O. The second-order valence-electron chi connectivity index (χ2n) is 5.87. The third kappa shape index (κ3) is 2.75. The first-order valence-corrected chi connectivity index (χ1v) is 7.12. The Balaban J connectivity index is 2.20. The molecule has 2 rings (SSSR count). The molecule has 3 heteroatoms. The van der Waals surface area contributed by atoms with Crippen molar-refractivity contribution in [1.82, 2.24) is 4.90 Å². The van der Waals surface area contributed by atoms with E-state index >= 15 is 0 Å². The molecule has 3 nitrogen and oxygen atoms in total. The van der Waals surface area contributed by atoms with Crippen molar-refractivity contribution in [1.29, 1.82) is 0 Å². The summed E-state index contributed by atoms with van der Waals surface area (Å²) < 4.78 is 6.11. The Morgan fingerprint density at radius 2 is 1.82 bits per heavy atom. The Hall–Kier alpha value is -0.730. The summed E-state index contributed by atoms with van der Waals surface area (Å²) in [7, 11) is 0. The lowest BCUT2D eigenvalue weighted by Gasteiger charge is -2.28. The smallest absolute Gasteiger partial charge is 0.288 e. The first-order chi connectivity index (χ1) is 8.09. The van der Waals surface area contributed by atoms with Crippen LogP contribution in [0.5, 0.6) is 0 Å². The quantitative estimate of drug-likeness (QED) is 0.738. The number of ether oxygens (including phenoxy) is 1. The van der Waals surface area contributed by atoms with Gasteiger partial charge >= 0.3 is 0 Å². The first kappa shape index (κ1) is 12.7. The highest BCUT2D eigenvalue weighted by Gasteiger charge is 2.41. The Morgan fingerprint density at radius 1 is 1.12 bits per heavy atom. The number of hydrogen-bond donors (Lipinski definition) is 0. The van der Waals surface area contributed by atoms with Gasteiger partial charge in [0.15, 0.2) is 0 Å². The van der Waals surface area contributed by atoms with Crippen molar-refractivity contribution in [2.24, 2.45) is 4.99 Å². The average molecular weight is 238 g/mol. The number of hydrogen-bond acceptors (Lipinski definition) is 2. The Labute approximate surface area is 105 Å². The monoisotopic (exact) mass is 238 g/mol. The standard InChI is InChI=1S/C14H26N2O/c1-10(2)15-14-16(11(3)4)12-8-6-5-7-9-13(12)17-14/h10-13H,5-9H2,1-4H3/b15-14-. The van der Waals surface area contributed by atoms with Gasteiger partial charge in [-0.25, -0.2) is 4.99 Å². The molecule has 0 aromatic heterocycles. The van der Waals surface area contributed by atoms with Gasteiger partial charge in [0.2, 0.25) is 0 Å². The van der Waals surface area contributed by atoms with E-state index in [1.807, 2.05) is 0 Å². The van der Waals surface area contributed by atoms with Gasteiger partial charge in [-0.05, 0) is 47.0 Å². The first-order valence-electron chi connectivity index (χ1n) is 7.12. The Bertz CT molecular complexity index is 286. The molecule has 17 heavy (non-hydrogen) atoms. The third-order valence-electron chi connectivity index (χ3n) is 3.68. The van der Waals surface area contributed by atoms with E-state index in [-0.39, 0.29) is 0 Å². The van der Waals surface area contributed by atoms with Crippen molar-refractivity contribution >= 4 is 6.02 Å². The predicted octanol–water partition coefficient (Wildman–Crippen LogP) is 3.19. The Morgan fingerprint density at radius 3 is 2.47 bits per heavy atom. The van der Waals surface area contributed by atoms with E-state index in [9.17, 15) is 0 Å². The van der Waals surface area contributed by atoms with Crippen LogP contribution in [0.25, 0.3) is 0 Å². The molecule has 1 aliphatic heterocycles. The maximum atomic E-state index is 6.11. The van der Waals surface area contributed by atoms with Crippen LogP contribution in [-0.2, 0) is 4.74 Å².